The number of piperazine rings is 1. The molecule has 2 heterocycles. The van der Waals surface area contributed by atoms with Crippen LogP contribution in [-0.2, 0) is 31.2 Å². The summed E-state index contributed by atoms with van der Waals surface area (Å²) in [5.41, 5.74) is 3.15. The lowest BCUT2D eigenvalue weighted by atomic mass is 10.1. The van der Waals surface area contributed by atoms with E-state index in [-0.39, 0.29) is 18.1 Å². The molecule has 1 aliphatic heterocycles. The number of nitrogens with zero attached hydrogens (tertiary/aromatic N) is 4. The maximum absolute atomic E-state index is 13.2. The monoisotopic (exact) mass is 344 g/mol. The van der Waals surface area contributed by atoms with Crippen molar-refractivity contribution < 1.29 is 9.18 Å². The Kier molecular flexibility index (Phi) is 5.48. The first kappa shape index (κ1) is 17.6. The highest BCUT2D eigenvalue weighted by Crippen LogP contribution is 2.14. The number of aromatic nitrogens is 2. The van der Waals surface area contributed by atoms with Crippen molar-refractivity contribution >= 4 is 5.91 Å². The van der Waals surface area contributed by atoms with Crippen LogP contribution in [-0.4, -0.2) is 51.7 Å². The van der Waals surface area contributed by atoms with Crippen LogP contribution in [0.4, 0.5) is 4.39 Å². The first-order valence-electron chi connectivity index (χ1n) is 8.81. The van der Waals surface area contributed by atoms with E-state index >= 15 is 0 Å². The van der Waals surface area contributed by atoms with E-state index in [1.165, 1.54) is 17.7 Å². The highest BCUT2D eigenvalue weighted by atomic mass is 19.1. The SMILES string of the molecule is CCc1nn(C)cc1CN1CCN(C(=O)Cc2cccc(F)c2)CC1. The van der Waals surface area contributed by atoms with Crippen LogP contribution in [0.15, 0.2) is 30.5 Å². The second-order valence-electron chi connectivity index (χ2n) is 6.59. The number of amides is 1. The van der Waals surface area contributed by atoms with Crippen molar-refractivity contribution in [2.45, 2.75) is 26.3 Å². The fraction of sp³-hybridized carbons (Fsp3) is 0.474. The summed E-state index contributed by atoms with van der Waals surface area (Å²) in [5, 5.41) is 4.49. The normalized spacial score (nSPS) is 15.6. The highest BCUT2D eigenvalue weighted by molar-refractivity contribution is 5.78. The number of hydrogen-bond acceptors (Lipinski definition) is 3. The molecular weight excluding hydrogens is 319 g/mol. The molecule has 6 heteroatoms. The van der Waals surface area contributed by atoms with Gasteiger partial charge in [0.2, 0.25) is 5.91 Å². The second-order valence-corrected chi connectivity index (χ2v) is 6.59. The average molecular weight is 344 g/mol. The third-order valence-electron chi connectivity index (χ3n) is 4.69. The van der Waals surface area contributed by atoms with E-state index in [0.29, 0.717) is 0 Å². The molecule has 5 nitrogen and oxygen atoms in total. The van der Waals surface area contributed by atoms with Gasteiger partial charge >= 0.3 is 0 Å². The quantitative estimate of drug-likeness (QED) is 0.833. The minimum Gasteiger partial charge on any atom is -0.340 e. The molecule has 0 aliphatic carbocycles. The molecule has 1 fully saturated rings. The molecule has 0 atom stereocenters. The van der Waals surface area contributed by atoms with Crippen LogP contribution in [0.5, 0.6) is 0 Å². The van der Waals surface area contributed by atoms with Crippen molar-refractivity contribution in [3.8, 4) is 0 Å². The van der Waals surface area contributed by atoms with Gasteiger partial charge < -0.3 is 4.90 Å². The van der Waals surface area contributed by atoms with Crippen molar-refractivity contribution in [2.75, 3.05) is 26.2 Å². The Morgan fingerprint density at radius 3 is 2.68 bits per heavy atom. The number of hydrogen-bond donors (Lipinski definition) is 0. The van der Waals surface area contributed by atoms with Gasteiger partial charge in [-0.05, 0) is 24.1 Å². The zero-order valence-corrected chi connectivity index (χ0v) is 14.9. The highest BCUT2D eigenvalue weighted by Gasteiger charge is 2.22. The Hall–Kier alpha value is -2.21. The topological polar surface area (TPSA) is 41.4 Å². The van der Waals surface area contributed by atoms with Crippen molar-refractivity contribution in [3.63, 3.8) is 0 Å². The van der Waals surface area contributed by atoms with E-state index in [1.54, 1.807) is 12.1 Å². The third-order valence-corrected chi connectivity index (χ3v) is 4.69. The summed E-state index contributed by atoms with van der Waals surface area (Å²) in [7, 11) is 1.95. The molecule has 1 aromatic carbocycles. The molecule has 1 aliphatic rings. The fourth-order valence-corrected chi connectivity index (χ4v) is 3.34. The number of carbonyl (C=O) groups is 1. The summed E-state index contributed by atoms with van der Waals surface area (Å²) in [5.74, 6) is -0.223. The van der Waals surface area contributed by atoms with Crippen LogP contribution >= 0.6 is 0 Å². The molecule has 25 heavy (non-hydrogen) atoms. The van der Waals surface area contributed by atoms with Crippen molar-refractivity contribution in [1.29, 1.82) is 0 Å². The first-order chi connectivity index (χ1) is 12.0. The van der Waals surface area contributed by atoms with E-state index in [0.717, 1.165) is 50.4 Å². The predicted octanol–water partition coefficient (Wildman–Crippen LogP) is 2.01. The Morgan fingerprint density at radius 1 is 1.24 bits per heavy atom. The fourth-order valence-electron chi connectivity index (χ4n) is 3.34. The van der Waals surface area contributed by atoms with Gasteiger partial charge in [-0.1, -0.05) is 19.1 Å². The molecule has 0 N–H and O–H groups in total. The molecule has 0 radical (unpaired) electrons. The Morgan fingerprint density at radius 2 is 2.00 bits per heavy atom. The van der Waals surface area contributed by atoms with Gasteiger partial charge in [0.25, 0.3) is 0 Å². The number of carbonyl (C=O) groups excluding carboxylic acids is 1. The van der Waals surface area contributed by atoms with Crippen molar-refractivity contribution in [2.24, 2.45) is 7.05 Å². The molecule has 3 rings (SSSR count). The molecule has 0 bridgehead atoms. The van der Waals surface area contributed by atoms with Crippen LogP contribution in [0.25, 0.3) is 0 Å². The summed E-state index contributed by atoms with van der Waals surface area (Å²) >= 11 is 0. The van der Waals surface area contributed by atoms with Gasteiger partial charge in [-0.15, -0.1) is 0 Å². The number of benzene rings is 1. The summed E-state index contributed by atoms with van der Waals surface area (Å²) in [6.45, 7) is 6.14. The lowest BCUT2D eigenvalue weighted by Crippen LogP contribution is -2.48. The van der Waals surface area contributed by atoms with Crippen molar-refractivity contribution in [3.05, 3.63) is 53.1 Å². The zero-order valence-electron chi connectivity index (χ0n) is 14.9. The van der Waals surface area contributed by atoms with E-state index in [2.05, 4.69) is 23.1 Å². The van der Waals surface area contributed by atoms with Crippen LogP contribution < -0.4 is 0 Å². The van der Waals surface area contributed by atoms with E-state index in [4.69, 9.17) is 0 Å². The van der Waals surface area contributed by atoms with E-state index in [1.807, 2.05) is 16.6 Å². The minimum absolute atomic E-state index is 0.0703. The molecule has 0 spiro atoms. The molecule has 134 valence electrons. The van der Waals surface area contributed by atoms with Crippen LogP contribution in [0.2, 0.25) is 0 Å². The summed E-state index contributed by atoms with van der Waals surface area (Å²) in [6.07, 6.45) is 3.28. The predicted molar refractivity (Wildman–Crippen MR) is 94.5 cm³/mol. The Bertz CT molecular complexity index is 735. The zero-order chi connectivity index (χ0) is 17.8. The van der Waals surface area contributed by atoms with Gasteiger partial charge in [-0.25, -0.2) is 4.39 Å². The maximum atomic E-state index is 13.2. The number of aryl methyl sites for hydroxylation is 2. The molecule has 1 saturated heterocycles. The van der Waals surface area contributed by atoms with Crippen molar-refractivity contribution in [1.82, 2.24) is 19.6 Å². The number of halogens is 1. The van der Waals surface area contributed by atoms with Gasteiger partial charge in [0.05, 0.1) is 12.1 Å². The summed E-state index contributed by atoms with van der Waals surface area (Å²) in [4.78, 5) is 16.7. The number of rotatable bonds is 5. The molecule has 0 saturated carbocycles. The van der Waals surface area contributed by atoms with Crippen LogP contribution in [0, 0.1) is 5.82 Å². The van der Waals surface area contributed by atoms with E-state index < -0.39 is 0 Å². The molecule has 0 unspecified atom stereocenters. The molecule has 1 aromatic heterocycles. The largest absolute Gasteiger partial charge is 0.340 e. The smallest absolute Gasteiger partial charge is 0.227 e. The Balaban J connectivity index is 1.52. The average Bonchev–Trinajstić information content (AvgIpc) is 2.95. The molecule has 1 amide bonds. The first-order valence-corrected chi connectivity index (χ1v) is 8.81. The summed E-state index contributed by atoms with van der Waals surface area (Å²) in [6, 6.07) is 6.28. The van der Waals surface area contributed by atoms with Crippen LogP contribution in [0.3, 0.4) is 0 Å². The lowest BCUT2D eigenvalue weighted by molar-refractivity contribution is -0.132. The Labute approximate surface area is 148 Å². The standard InChI is InChI=1S/C19H25FN4O/c1-3-18-16(13-22(2)21-18)14-23-7-9-24(10-8-23)19(25)12-15-5-4-6-17(20)11-15/h4-6,11,13H,3,7-10,12,14H2,1-2H3. The maximum Gasteiger partial charge on any atom is 0.227 e. The molecular formula is C19H25FN4O. The van der Waals surface area contributed by atoms with Crippen LogP contribution in [0.1, 0.15) is 23.7 Å². The van der Waals surface area contributed by atoms with E-state index in [9.17, 15) is 9.18 Å². The third kappa shape index (κ3) is 4.45. The van der Waals surface area contributed by atoms with Gasteiger partial charge in [0.15, 0.2) is 0 Å². The van der Waals surface area contributed by atoms with Gasteiger partial charge in [-0.2, -0.15) is 5.10 Å². The van der Waals surface area contributed by atoms with Gasteiger partial charge in [0.1, 0.15) is 5.82 Å². The summed E-state index contributed by atoms with van der Waals surface area (Å²) < 4.78 is 15.1. The van der Waals surface area contributed by atoms with Gasteiger partial charge in [-0.3, -0.25) is 14.4 Å². The lowest BCUT2D eigenvalue weighted by Gasteiger charge is -2.34. The van der Waals surface area contributed by atoms with Gasteiger partial charge in [0, 0.05) is 51.5 Å². The minimum atomic E-state index is -0.293. The second kappa shape index (κ2) is 7.78. The molecule has 2 aromatic rings.